The van der Waals surface area contributed by atoms with Crippen molar-refractivity contribution in [3.05, 3.63) is 0 Å². The molecule has 0 bridgehead atoms. The minimum Gasteiger partial charge on any atom is -0.381 e. The molecule has 0 aromatic carbocycles. The van der Waals surface area contributed by atoms with Crippen LogP contribution in [0.15, 0.2) is 0 Å². The van der Waals surface area contributed by atoms with Crippen molar-refractivity contribution in [1.29, 1.82) is 0 Å². The Morgan fingerprint density at radius 3 is 2.40 bits per heavy atom. The first-order valence-corrected chi connectivity index (χ1v) is 8.40. The molecule has 1 rings (SSSR count). The molecule has 1 fully saturated rings. The van der Waals surface area contributed by atoms with Crippen LogP contribution in [0.1, 0.15) is 52.9 Å². The van der Waals surface area contributed by atoms with Crippen LogP contribution in [0.5, 0.6) is 0 Å². The molecule has 0 aromatic heterocycles. The molecule has 1 aliphatic rings. The van der Waals surface area contributed by atoms with Crippen LogP contribution in [0.2, 0.25) is 0 Å². The van der Waals surface area contributed by atoms with Crippen LogP contribution in [0.4, 0.5) is 0 Å². The topological polar surface area (TPSA) is 38.5 Å². The third kappa shape index (κ3) is 7.05. The molecular weight excluding hydrogens is 248 g/mol. The molecule has 20 heavy (non-hydrogen) atoms. The Morgan fingerprint density at radius 1 is 1.20 bits per heavy atom. The van der Waals surface area contributed by atoms with E-state index < -0.39 is 0 Å². The maximum absolute atomic E-state index is 5.76. The Hall–Kier alpha value is -0.120. The lowest BCUT2D eigenvalue weighted by Crippen LogP contribution is -2.31. The summed E-state index contributed by atoms with van der Waals surface area (Å²) in [7, 11) is 2.27. The Labute approximate surface area is 126 Å². The molecule has 2 N–H and O–H groups in total. The fourth-order valence-corrected chi connectivity index (χ4v) is 3.28. The van der Waals surface area contributed by atoms with E-state index in [1.807, 2.05) is 0 Å². The molecule has 0 spiro atoms. The summed E-state index contributed by atoms with van der Waals surface area (Å²) in [6.45, 7) is 12.2. The molecule has 1 unspecified atom stereocenters. The second kappa shape index (κ2) is 9.01. The highest BCUT2D eigenvalue weighted by molar-refractivity contribution is 4.75. The Bertz CT molecular complexity index is 244. The summed E-state index contributed by atoms with van der Waals surface area (Å²) in [4.78, 5) is 2.51. The zero-order valence-corrected chi connectivity index (χ0v) is 14.2. The van der Waals surface area contributed by atoms with E-state index >= 15 is 0 Å². The number of ether oxygens (including phenoxy) is 1. The Morgan fingerprint density at radius 2 is 1.85 bits per heavy atom. The third-order valence-electron chi connectivity index (χ3n) is 4.74. The van der Waals surface area contributed by atoms with Gasteiger partial charge in [-0.25, -0.2) is 0 Å². The van der Waals surface area contributed by atoms with E-state index in [0.717, 1.165) is 38.0 Å². The van der Waals surface area contributed by atoms with Gasteiger partial charge in [0.2, 0.25) is 0 Å². The van der Waals surface area contributed by atoms with Gasteiger partial charge in [-0.05, 0) is 69.5 Å². The molecule has 0 radical (unpaired) electrons. The van der Waals surface area contributed by atoms with Crippen molar-refractivity contribution in [3.63, 3.8) is 0 Å². The average Bonchev–Trinajstić information content (AvgIpc) is 2.37. The van der Waals surface area contributed by atoms with Crippen molar-refractivity contribution >= 4 is 0 Å². The van der Waals surface area contributed by atoms with Gasteiger partial charge in [0.05, 0.1) is 0 Å². The van der Waals surface area contributed by atoms with Gasteiger partial charge >= 0.3 is 0 Å². The molecule has 0 saturated carbocycles. The standard InChI is InChI=1S/C17H36N2O/c1-17(2,3)16(7-10-18)6-5-11-19(4)14-15-8-12-20-13-9-15/h15-16H,5-14,18H2,1-4H3. The monoisotopic (exact) mass is 284 g/mol. The second-order valence-corrected chi connectivity index (χ2v) is 7.60. The third-order valence-corrected chi connectivity index (χ3v) is 4.74. The van der Waals surface area contributed by atoms with Crippen LogP contribution in [0.3, 0.4) is 0 Å². The van der Waals surface area contributed by atoms with Crippen molar-refractivity contribution in [2.75, 3.05) is 39.9 Å². The molecule has 1 heterocycles. The van der Waals surface area contributed by atoms with Crippen LogP contribution >= 0.6 is 0 Å². The molecule has 1 aliphatic heterocycles. The van der Waals surface area contributed by atoms with Gasteiger partial charge in [-0.15, -0.1) is 0 Å². The van der Waals surface area contributed by atoms with Gasteiger partial charge in [0.1, 0.15) is 0 Å². The predicted octanol–water partition coefficient (Wildman–Crippen LogP) is 3.14. The van der Waals surface area contributed by atoms with Crippen LogP contribution in [0, 0.1) is 17.3 Å². The second-order valence-electron chi connectivity index (χ2n) is 7.60. The normalized spacial score (nSPS) is 19.5. The van der Waals surface area contributed by atoms with Crippen molar-refractivity contribution in [2.24, 2.45) is 23.0 Å². The lowest BCUT2D eigenvalue weighted by Gasteiger charge is -2.32. The largest absolute Gasteiger partial charge is 0.381 e. The number of hydrogen-bond acceptors (Lipinski definition) is 3. The highest BCUT2D eigenvalue weighted by Crippen LogP contribution is 2.32. The maximum atomic E-state index is 5.76. The minimum absolute atomic E-state index is 0.388. The van der Waals surface area contributed by atoms with Gasteiger partial charge in [0, 0.05) is 19.8 Å². The van der Waals surface area contributed by atoms with Crippen LogP contribution in [-0.4, -0.2) is 44.8 Å². The van der Waals surface area contributed by atoms with E-state index in [9.17, 15) is 0 Å². The Kier molecular flexibility index (Phi) is 8.08. The zero-order valence-electron chi connectivity index (χ0n) is 14.2. The maximum Gasteiger partial charge on any atom is 0.0469 e. The molecule has 3 heteroatoms. The predicted molar refractivity (Wildman–Crippen MR) is 86.9 cm³/mol. The fraction of sp³-hybridized carbons (Fsp3) is 1.00. The SMILES string of the molecule is CN(CCCC(CCN)C(C)(C)C)CC1CCOCC1. The van der Waals surface area contributed by atoms with Crippen molar-refractivity contribution in [3.8, 4) is 0 Å². The summed E-state index contributed by atoms with van der Waals surface area (Å²) >= 11 is 0. The molecule has 1 atom stereocenters. The summed E-state index contributed by atoms with van der Waals surface area (Å²) in [6.07, 6.45) is 6.23. The zero-order chi connectivity index (χ0) is 15.0. The van der Waals surface area contributed by atoms with E-state index in [1.54, 1.807) is 0 Å². The molecule has 120 valence electrons. The Balaban J connectivity index is 2.20. The quantitative estimate of drug-likeness (QED) is 0.744. The summed E-state index contributed by atoms with van der Waals surface area (Å²) in [5.41, 5.74) is 6.15. The van der Waals surface area contributed by atoms with E-state index in [-0.39, 0.29) is 0 Å². The fourth-order valence-electron chi connectivity index (χ4n) is 3.28. The van der Waals surface area contributed by atoms with Crippen LogP contribution in [0.25, 0.3) is 0 Å². The average molecular weight is 284 g/mol. The lowest BCUT2D eigenvalue weighted by atomic mass is 9.76. The van der Waals surface area contributed by atoms with E-state index in [0.29, 0.717) is 5.41 Å². The van der Waals surface area contributed by atoms with Crippen molar-refractivity contribution < 1.29 is 4.74 Å². The van der Waals surface area contributed by atoms with Gasteiger partial charge < -0.3 is 15.4 Å². The first-order valence-electron chi connectivity index (χ1n) is 8.40. The van der Waals surface area contributed by atoms with Gasteiger partial charge in [-0.1, -0.05) is 20.8 Å². The first-order chi connectivity index (χ1) is 9.43. The number of nitrogens with zero attached hydrogens (tertiary/aromatic N) is 1. The molecule has 1 saturated heterocycles. The summed E-state index contributed by atoms with van der Waals surface area (Å²) in [5, 5.41) is 0. The first kappa shape index (κ1) is 17.9. The van der Waals surface area contributed by atoms with Crippen molar-refractivity contribution in [1.82, 2.24) is 4.90 Å². The van der Waals surface area contributed by atoms with Gasteiger partial charge in [-0.2, -0.15) is 0 Å². The van der Waals surface area contributed by atoms with E-state index in [2.05, 4.69) is 32.7 Å². The molecule has 0 aromatic rings. The summed E-state index contributed by atoms with van der Waals surface area (Å²) in [5.74, 6) is 1.60. The summed E-state index contributed by atoms with van der Waals surface area (Å²) in [6, 6.07) is 0. The highest BCUT2D eigenvalue weighted by atomic mass is 16.5. The number of nitrogens with two attached hydrogens (primary N) is 1. The number of hydrogen-bond donors (Lipinski definition) is 1. The van der Waals surface area contributed by atoms with E-state index in [4.69, 9.17) is 10.5 Å². The smallest absolute Gasteiger partial charge is 0.0469 e. The molecular formula is C17H36N2O. The van der Waals surface area contributed by atoms with Gasteiger partial charge in [0.25, 0.3) is 0 Å². The molecule has 0 amide bonds. The highest BCUT2D eigenvalue weighted by Gasteiger charge is 2.23. The molecule has 3 nitrogen and oxygen atoms in total. The number of rotatable bonds is 8. The van der Waals surface area contributed by atoms with Crippen LogP contribution in [-0.2, 0) is 4.74 Å². The molecule has 0 aliphatic carbocycles. The van der Waals surface area contributed by atoms with Crippen molar-refractivity contribution in [2.45, 2.75) is 52.9 Å². The van der Waals surface area contributed by atoms with Gasteiger partial charge in [0.15, 0.2) is 0 Å². The minimum atomic E-state index is 0.388. The lowest BCUT2D eigenvalue weighted by molar-refractivity contribution is 0.0552. The van der Waals surface area contributed by atoms with Crippen LogP contribution < -0.4 is 5.73 Å². The van der Waals surface area contributed by atoms with E-state index in [1.165, 1.54) is 38.8 Å². The summed E-state index contributed by atoms with van der Waals surface area (Å²) < 4.78 is 5.43. The van der Waals surface area contributed by atoms with Gasteiger partial charge in [-0.3, -0.25) is 0 Å².